The Morgan fingerprint density at radius 1 is 1.11 bits per heavy atom. The number of carbonyl (C=O) groups is 2. The van der Waals surface area contributed by atoms with Crippen molar-refractivity contribution in [1.29, 1.82) is 0 Å². The first-order chi connectivity index (χ1) is 12.9. The molecule has 1 unspecified atom stereocenters. The lowest BCUT2D eigenvalue weighted by atomic mass is 10.2. The lowest BCUT2D eigenvalue weighted by Gasteiger charge is -2.15. The van der Waals surface area contributed by atoms with Gasteiger partial charge in [0.15, 0.2) is 12.7 Å². The Balaban J connectivity index is 1.76. The van der Waals surface area contributed by atoms with Crippen LogP contribution < -0.4 is 20.3 Å². The lowest BCUT2D eigenvalue weighted by Crippen LogP contribution is -2.48. The molecule has 2 amide bonds. The Labute approximate surface area is 155 Å². The van der Waals surface area contributed by atoms with Crippen LogP contribution in [0.1, 0.15) is 12.5 Å². The Hall–Kier alpha value is -3.62. The maximum absolute atomic E-state index is 12.0. The number of nitrogens with zero attached hydrogens (tertiary/aromatic N) is 1. The summed E-state index contributed by atoms with van der Waals surface area (Å²) in [7, 11) is 0. The fraction of sp³-hybridized carbons (Fsp3) is 0.222. The van der Waals surface area contributed by atoms with Gasteiger partial charge in [-0.15, -0.1) is 0 Å². The van der Waals surface area contributed by atoms with Crippen LogP contribution in [0.5, 0.6) is 11.5 Å². The van der Waals surface area contributed by atoms with Gasteiger partial charge in [-0.05, 0) is 37.6 Å². The van der Waals surface area contributed by atoms with Crippen molar-refractivity contribution >= 4 is 17.5 Å². The Kier molecular flexibility index (Phi) is 6.70. The van der Waals surface area contributed by atoms with Crippen molar-refractivity contribution in [2.45, 2.75) is 20.0 Å². The summed E-state index contributed by atoms with van der Waals surface area (Å²) in [6.45, 7) is 3.07. The molecule has 0 aliphatic rings. The molecule has 0 saturated heterocycles. The molecule has 2 aromatic carbocycles. The van der Waals surface area contributed by atoms with E-state index in [0.717, 1.165) is 5.56 Å². The number of nitro groups is 1. The average molecular weight is 373 g/mol. The maximum atomic E-state index is 12.0. The van der Waals surface area contributed by atoms with Gasteiger partial charge in [0.05, 0.1) is 4.92 Å². The zero-order valence-corrected chi connectivity index (χ0v) is 14.8. The summed E-state index contributed by atoms with van der Waals surface area (Å²) in [6.07, 6.45) is -0.927. The monoisotopic (exact) mass is 373 g/mol. The van der Waals surface area contributed by atoms with Crippen molar-refractivity contribution in [1.82, 2.24) is 10.9 Å². The topological polar surface area (TPSA) is 120 Å². The van der Waals surface area contributed by atoms with Gasteiger partial charge in [0, 0.05) is 12.1 Å². The Bertz CT molecular complexity index is 822. The quantitative estimate of drug-likeness (QED) is 0.565. The minimum atomic E-state index is -0.927. The Morgan fingerprint density at radius 3 is 2.41 bits per heavy atom. The fourth-order valence-electron chi connectivity index (χ4n) is 2.03. The lowest BCUT2D eigenvalue weighted by molar-refractivity contribution is -0.384. The SMILES string of the molecule is Cc1ccccc1OCC(=O)NNC(=O)C(C)Oc1ccc([N+](=O)[O-])cc1. The smallest absolute Gasteiger partial charge is 0.279 e. The van der Waals surface area contributed by atoms with Gasteiger partial charge >= 0.3 is 0 Å². The van der Waals surface area contributed by atoms with E-state index in [4.69, 9.17) is 9.47 Å². The number of nitro benzene ring substituents is 1. The second kappa shape index (κ2) is 9.18. The number of carbonyl (C=O) groups excluding carboxylic acids is 2. The Morgan fingerprint density at radius 2 is 1.78 bits per heavy atom. The molecule has 0 bridgehead atoms. The zero-order valence-electron chi connectivity index (χ0n) is 14.8. The highest BCUT2D eigenvalue weighted by molar-refractivity contribution is 5.85. The van der Waals surface area contributed by atoms with Crippen LogP contribution >= 0.6 is 0 Å². The molecule has 9 heteroatoms. The number of benzene rings is 2. The molecule has 0 aliphatic heterocycles. The zero-order chi connectivity index (χ0) is 19.8. The third-order valence-electron chi connectivity index (χ3n) is 3.51. The first kappa shape index (κ1) is 19.7. The number of para-hydroxylation sites is 1. The van der Waals surface area contributed by atoms with Crippen LogP contribution in [0.25, 0.3) is 0 Å². The van der Waals surface area contributed by atoms with Gasteiger partial charge < -0.3 is 9.47 Å². The van der Waals surface area contributed by atoms with Crippen LogP contribution in [0.15, 0.2) is 48.5 Å². The van der Waals surface area contributed by atoms with Crippen LogP contribution in [0.3, 0.4) is 0 Å². The number of rotatable bonds is 7. The molecule has 0 fully saturated rings. The summed E-state index contributed by atoms with van der Waals surface area (Å²) in [5.41, 5.74) is 5.27. The molecular weight excluding hydrogens is 354 g/mol. The van der Waals surface area contributed by atoms with Gasteiger partial charge in [-0.3, -0.25) is 30.6 Å². The number of aryl methyl sites for hydroxylation is 1. The molecule has 2 aromatic rings. The third kappa shape index (κ3) is 5.99. The molecule has 2 rings (SSSR count). The highest BCUT2D eigenvalue weighted by atomic mass is 16.6. The molecule has 9 nitrogen and oxygen atoms in total. The normalized spacial score (nSPS) is 11.2. The summed E-state index contributed by atoms with van der Waals surface area (Å²) in [5, 5.41) is 10.6. The average Bonchev–Trinajstić information content (AvgIpc) is 2.65. The van der Waals surface area contributed by atoms with E-state index in [1.165, 1.54) is 31.2 Å². The minimum absolute atomic E-state index is 0.0830. The molecule has 142 valence electrons. The first-order valence-electron chi connectivity index (χ1n) is 8.05. The van der Waals surface area contributed by atoms with Crippen LogP contribution in [-0.2, 0) is 9.59 Å². The van der Waals surface area contributed by atoms with E-state index in [1.807, 2.05) is 19.1 Å². The van der Waals surface area contributed by atoms with Crippen molar-refractivity contribution in [3.63, 3.8) is 0 Å². The number of nitrogens with one attached hydrogen (secondary N) is 2. The number of ether oxygens (including phenoxy) is 2. The van der Waals surface area contributed by atoms with Gasteiger partial charge in [-0.2, -0.15) is 0 Å². The van der Waals surface area contributed by atoms with Gasteiger partial charge in [0.1, 0.15) is 11.5 Å². The van der Waals surface area contributed by atoms with E-state index >= 15 is 0 Å². The van der Waals surface area contributed by atoms with Crippen LogP contribution in [-0.4, -0.2) is 29.4 Å². The molecule has 2 N–H and O–H groups in total. The number of amides is 2. The molecule has 0 aromatic heterocycles. The summed E-state index contributed by atoms with van der Waals surface area (Å²) < 4.78 is 10.7. The maximum Gasteiger partial charge on any atom is 0.279 e. The third-order valence-corrected chi connectivity index (χ3v) is 3.51. The van der Waals surface area contributed by atoms with E-state index in [0.29, 0.717) is 5.75 Å². The summed E-state index contributed by atoms with van der Waals surface area (Å²) >= 11 is 0. The molecule has 0 saturated carbocycles. The molecule has 0 aliphatic carbocycles. The van der Waals surface area contributed by atoms with Crippen molar-refractivity contribution in [3.05, 3.63) is 64.2 Å². The van der Waals surface area contributed by atoms with Gasteiger partial charge in [0.2, 0.25) is 0 Å². The first-order valence-corrected chi connectivity index (χ1v) is 8.05. The summed E-state index contributed by atoms with van der Waals surface area (Å²) in [4.78, 5) is 33.8. The van der Waals surface area contributed by atoms with E-state index in [-0.39, 0.29) is 18.0 Å². The largest absolute Gasteiger partial charge is 0.483 e. The molecule has 0 spiro atoms. The fourth-order valence-corrected chi connectivity index (χ4v) is 2.03. The standard InChI is InChI=1S/C18H19N3O6/c1-12-5-3-4-6-16(12)26-11-17(22)19-20-18(23)13(2)27-15-9-7-14(8-10-15)21(24)25/h3-10,13H,11H2,1-2H3,(H,19,22)(H,20,23). The summed E-state index contributed by atoms with van der Waals surface area (Å²) in [6, 6.07) is 12.5. The molecule has 27 heavy (non-hydrogen) atoms. The van der Waals surface area contributed by atoms with Crippen LogP contribution in [0, 0.1) is 17.0 Å². The van der Waals surface area contributed by atoms with E-state index in [2.05, 4.69) is 10.9 Å². The number of hydrazine groups is 1. The highest BCUT2D eigenvalue weighted by Crippen LogP contribution is 2.18. The van der Waals surface area contributed by atoms with Crippen molar-refractivity contribution < 1.29 is 24.0 Å². The van der Waals surface area contributed by atoms with E-state index < -0.39 is 22.8 Å². The van der Waals surface area contributed by atoms with Gasteiger partial charge in [-0.1, -0.05) is 18.2 Å². The van der Waals surface area contributed by atoms with Crippen molar-refractivity contribution in [3.8, 4) is 11.5 Å². The van der Waals surface area contributed by atoms with Crippen molar-refractivity contribution in [2.75, 3.05) is 6.61 Å². The summed E-state index contributed by atoms with van der Waals surface area (Å²) in [5.74, 6) is -0.252. The predicted molar refractivity (Wildman–Crippen MR) is 96.1 cm³/mol. The molecular formula is C18H19N3O6. The van der Waals surface area contributed by atoms with Crippen LogP contribution in [0.2, 0.25) is 0 Å². The molecule has 0 heterocycles. The van der Waals surface area contributed by atoms with Gasteiger partial charge in [0.25, 0.3) is 17.5 Å². The highest BCUT2D eigenvalue weighted by Gasteiger charge is 2.16. The minimum Gasteiger partial charge on any atom is -0.483 e. The number of hydrogen-bond acceptors (Lipinski definition) is 6. The van der Waals surface area contributed by atoms with E-state index in [9.17, 15) is 19.7 Å². The van der Waals surface area contributed by atoms with Crippen LogP contribution in [0.4, 0.5) is 5.69 Å². The molecule has 1 atom stereocenters. The predicted octanol–water partition coefficient (Wildman–Crippen LogP) is 1.90. The van der Waals surface area contributed by atoms with Crippen molar-refractivity contribution in [2.24, 2.45) is 0 Å². The second-order valence-electron chi connectivity index (χ2n) is 5.60. The van der Waals surface area contributed by atoms with Gasteiger partial charge in [-0.25, -0.2) is 0 Å². The number of hydrogen-bond donors (Lipinski definition) is 2. The van der Waals surface area contributed by atoms with E-state index in [1.54, 1.807) is 12.1 Å². The second-order valence-corrected chi connectivity index (χ2v) is 5.60. The molecule has 0 radical (unpaired) electrons. The number of non-ortho nitro benzene ring substituents is 1.